The number of aliphatic carboxylic acids is 1. The summed E-state index contributed by atoms with van der Waals surface area (Å²) < 4.78 is 21.1. The molecule has 184 valence electrons. The van der Waals surface area contributed by atoms with Gasteiger partial charge in [0.2, 0.25) is 6.29 Å². The van der Waals surface area contributed by atoms with Crippen molar-refractivity contribution >= 4 is 11.7 Å². The van der Waals surface area contributed by atoms with Crippen molar-refractivity contribution in [3.8, 4) is 5.75 Å². The quantitative estimate of drug-likeness (QED) is 0.116. The molecule has 0 aliphatic carbocycles. The second-order valence-electron chi connectivity index (χ2n) is 7.48. The van der Waals surface area contributed by atoms with Crippen LogP contribution in [0.5, 0.6) is 5.75 Å². The fourth-order valence-corrected chi connectivity index (χ4v) is 3.44. The van der Waals surface area contributed by atoms with Gasteiger partial charge >= 0.3 is 29.6 Å². The molecule has 0 unspecified atom stereocenters. The van der Waals surface area contributed by atoms with Gasteiger partial charge in [-0.2, -0.15) is 0 Å². The molecule has 0 saturated carbocycles. The number of carbonyl (C=O) groups excluding carboxylic acids is 1. The Bertz CT molecular complexity index is 844. The number of aliphatic hydroxyl groups excluding tert-OH is 5. The van der Waals surface area contributed by atoms with Crippen LogP contribution in [-0.2, 0) is 19.0 Å². The minimum absolute atomic E-state index is 0. The summed E-state index contributed by atoms with van der Waals surface area (Å²) in [5, 5.41) is 72.4. The number of nitro groups is 1. The van der Waals surface area contributed by atoms with Gasteiger partial charge in [0, 0.05) is 12.1 Å². The van der Waals surface area contributed by atoms with Crippen LogP contribution in [0.1, 0.15) is 0 Å². The number of non-ortho nitro benzene ring substituents is 1. The summed E-state index contributed by atoms with van der Waals surface area (Å²) in [5.41, 5.74) is 5.50. The third-order valence-electron chi connectivity index (χ3n) is 5.30. The van der Waals surface area contributed by atoms with Crippen LogP contribution in [0.2, 0.25) is 0 Å². The number of carbonyl (C=O) groups is 1. The SMILES string of the molecule is N[C@H]1[C@@H](O[C@H]2[C@H](O)[C@@H](O)[C@H](Oc3ccc([N+](=O)[O-])cc3)O[C@@H]2C(=O)[O-])O[C@H](CO)[C@@H](O)[C@@H]1O.[Na+]. The molecule has 2 saturated heterocycles. The molecule has 34 heavy (non-hydrogen) atoms. The third-order valence-corrected chi connectivity index (χ3v) is 5.30. The smallest absolute Gasteiger partial charge is 0.547 e. The topological polar surface area (TPSA) is 247 Å². The van der Waals surface area contributed by atoms with Crippen LogP contribution in [0.25, 0.3) is 0 Å². The molecule has 10 atom stereocenters. The summed E-state index contributed by atoms with van der Waals surface area (Å²) in [4.78, 5) is 21.7. The van der Waals surface area contributed by atoms with E-state index in [9.17, 15) is 45.5 Å². The van der Waals surface area contributed by atoms with Crippen molar-refractivity contribution in [1.29, 1.82) is 0 Å². The van der Waals surface area contributed by atoms with Crippen molar-refractivity contribution in [2.24, 2.45) is 5.73 Å². The molecule has 1 aromatic rings. The third kappa shape index (κ3) is 6.01. The first-order chi connectivity index (χ1) is 15.5. The molecule has 0 radical (unpaired) electrons. The number of hydrogen-bond donors (Lipinski definition) is 6. The van der Waals surface area contributed by atoms with Crippen molar-refractivity contribution in [2.45, 2.75) is 61.3 Å². The van der Waals surface area contributed by atoms with Crippen molar-refractivity contribution < 1.29 is 88.9 Å². The van der Waals surface area contributed by atoms with Crippen LogP contribution < -0.4 is 45.1 Å². The van der Waals surface area contributed by atoms with E-state index in [1.54, 1.807) is 0 Å². The van der Waals surface area contributed by atoms with Crippen molar-refractivity contribution in [3.63, 3.8) is 0 Å². The van der Waals surface area contributed by atoms with Gasteiger partial charge in [-0.3, -0.25) is 10.1 Å². The van der Waals surface area contributed by atoms with Gasteiger partial charge in [-0.05, 0) is 12.1 Å². The van der Waals surface area contributed by atoms with E-state index in [1.165, 1.54) is 12.1 Å². The Balaban J connectivity index is 0.00000408. The molecule has 15 nitrogen and oxygen atoms in total. The number of aliphatic hydroxyl groups is 5. The van der Waals surface area contributed by atoms with Gasteiger partial charge in [-0.1, -0.05) is 0 Å². The largest absolute Gasteiger partial charge is 1.00 e. The zero-order valence-electron chi connectivity index (χ0n) is 17.8. The maximum atomic E-state index is 11.7. The average Bonchev–Trinajstić information content (AvgIpc) is 2.78. The zero-order chi connectivity index (χ0) is 24.4. The number of carboxylic acid groups (broad SMARTS) is 1. The fourth-order valence-electron chi connectivity index (χ4n) is 3.44. The van der Waals surface area contributed by atoms with Crippen LogP contribution in [-0.4, -0.2) is 104 Å². The van der Waals surface area contributed by atoms with E-state index in [-0.39, 0.29) is 41.0 Å². The Morgan fingerprint density at radius 1 is 1.03 bits per heavy atom. The van der Waals surface area contributed by atoms with Crippen molar-refractivity contribution in [2.75, 3.05) is 6.61 Å². The minimum Gasteiger partial charge on any atom is -0.547 e. The maximum absolute atomic E-state index is 11.7. The van der Waals surface area contributed by atoms with Crippen molar-refractivity contribution in [3.05, 3.63) is 34.4 Å². The molecule has 2 fully saturated rings. The number of benzene rings is 1. The van der Waals surface area contributed by atoms with Crippen LogP contribution in [0, 0.1) is 10.1 Å². The summed E-state index contributed by atoms with van der Waals surface area (Å²) in [6, 6.07) is 3.13. The summed E-state index contributed by atoms with van der Waals surface area (Å²) in [6.45, 7) is -0.730. The molecule has 1 aromatic carbocycles. The normalized spacial score (nSPS) is 37.9. The fraction of sp³-hybridized carbons (Fsp3) is 0.611. The maximum Gasteiger partial charge on any atom is 1.00 e. The Morgan fingerprint density at radius 3 is 2.18 bits per heavy atom. The molecule has 16 heteroatoms. The summed E-state index contributed by atoms with van der Waals surface area (Å²) >= 11 is 0. The van der Waals surface area contributed by atoms with E-state index in [0.717, 1.165) is 12.1 Å². The van der Waals surface area contributed by atoms with Crippen LogP contribution in [0.15, 0.2) is 24.3 Å². The van der Waals surface area contributed by atoms with E-state index in [1.807, 2.05) is 0 Å². The second-order valence-corrected chi connectivity index (χ2v) is 7.48. The summed E-state index contributed by atoms with van der Waals surface area (Å²) in [5.74, 6) is -1.89. The molecule has 0 spiro atoms. The van der Waals surface area contributed by atoms with Gasteiger partial charge in [0.05, 0.1) is 23.5 Å². The number of hydrogen-bond acceptors (Lipinski definition) is 14. The molecule has 3 rings (SSSR count). The van der Waals surface area contributed by atoms with E-state index in [2.05, 4.69) is 0 Å². The summed E-state index contributed by atoms with van der Waals surface area (Å²) in [7, 11) is 0. The Labute approximate surface area is 214 Å². The average molecular weight is 498 g/mol. The molecule has 0 amide bonds. The van der Waals surface area contributed by atoms with Gasteiger partial charge in [-0.15, -0.1) is 0 Å². The van der Waals surface area contributed by atoms with Gasteiger partial charge < -0.3 is 60.1 Å². The second kappa shape index (κ2) is 12.0. The number of nitro benzene ring substituents is 1. The van der Waals surface area contributed by atoms with E-state index in [0.29, 0.717) is 0 Å². The number of ether oxygens (including phenoxy) is 4. The van der Waals surface area contributed by atoms with E-state index >= 15 is 0 Å². The molecule has 7 N–H and O–H groups in total. The molecule has 2 heterocycles. The first kappa shape index (κ1) is 28.8. The van der Waals surface area contributed by atoms with Crippen LogP contribution in [0.3, 0.4) is 0 Å². The Kier molecular flexibility index (Phi) is 10.1. The molecule has 0 bridgehead atoms. The zero-order valence-corrected chi connectivity index (χ0v) is 19.8. The number of nitrogens with zero attached hydrogens (tertiary/aromatic N) is 1. The van der Waals surface area contributed by atoms with Crippen LogP contribution in [0.4, 0.5) is 5.69 Å². The van der Waals surface area contributed by atoms with Crippen molar-refractivity contribution in [1.82, 2.24) is 0 Å². The molecule has 2 aliphatic rings. The Morgan fingerprint density at radius 2 is 1.65 bits per heavy atom. The molecule has 2 aliphatic heterocycles. The van der Waals surface area contributed by atoms with Gasteiger partial charge in [-0.25, -0.2) is 0 Å². The first-order valence-electron chi connectivity index (χ1n) is 9.72. The minimum atomic E-state index is -2.01. The molecule has 0 aromatic heterocycles. The van der Waals surface area contributed by atoms with Gasteiger partial charge in [0.25, 0.3) is 5.69 Å². The van der Waals surface area contributed by atoms with Gasteiger partial charge in [0.15, 0.2) is 6.29 Å². The van der Waals surface area contributed by atoms with Gasteiger partial charge in [0.1, 0.15) is 48.5 Å². The number of nitrogens with two attached hydrogens (primary N) is 1. The predicted octanol–water partition coefficient (Wildman–Crippen LogP) is -7.67. The number of rotatable bonds is 7. The van der Waals surface area contributed by atoms with E-state index in [4.69, 9.17) is 24.7 Å². The molecular weight excluding hydrogens is 475 g/mol. The number of carboxylic acids is 1. The monoisotopic (exact) mass is 498 g/mol. The predicted molar refractivity (Wildman–Crippen MR) is 100 cm³/mol. The molecular formula is C18H23N2NaO13. The first-order valence-corrected chi connectivity index (χ1v) is 9.72. The van der Waals surface area contributed by atoms with Crippen LogP contribution >= 0.6 is 0 Å². The Hall–Kier alpha value is -1.47. The standard InChI is InChI=1S/C18H24N2O13.Na/c19-9-11(23)10(22)8(5-21)31-17(9)32-14-12(24)13(25)18(33-15(14)16(26)27)30-7-3-1-6(2-4-7)20(28)29;/h1-4,8-15,17-18,21-25H,5,19H2,(H,26,27);/q;+1/p-1/t8-,9-,10-,11-,12-,13-,14+,15+,17-,18-;/m1./s1. The summed E-state index contributed by atoms with van der Waals surface area (Å²) in [6.07, 6.45) is -15.5. The van der Waals surface area contributed by atoms with E-state index < -0.39 is 78.8 Å².